The van der Waals surface area contributed by atoms with Crippen molar-refractivity contribution in [1.82, 2.24) is 9.97 Å². The maximum Gasteiger partial charge on any atom is 0.192 e. The van der Waals surface area contributed by atoms with Gasteiger partial charge in [-0.3, -0.25) is 0 Å². The van der Waals surface area contributed by atoms with Gasteiger partial charge in [0, 0.05) is 16.3 Å². The van der Waals surface area contributed by atoms with E-state index in [9.17, 15) is 5.11 Å². The number of benzene rings is 1. The number of aliphatic hydroxyl groups is 1. The standard InChI is InChI=1S/C15H18N2OS/c1-4-14(18)12-5-7-13(8-6-12)19-15-16-10(2)9-11(3)17-15/h5-9,14,18H,4H2,1-3H3/t14-/m1/s1. The average Bonchev–Trinajstić information content (AvgIpc) is 2.37. The third kappa shape index (κ3) is 3.78. The van der Waals surface area contributed by atoms with E-state index in [0.717, 1.165) is 33.4 Å². The molecule has 0 radical (unpaired) electrons. The summed E-state index contributed by atoms with van der Waals surface area (Å²) in [4.78, 5) is 9.89. The van der Waals surface area contributed by atoms with Gasteiger partial charge in [-0.25, -0.2) is 9.97 Å². The Kier molecular flexibility index (Phi) is 4.56. The molecule has 0 spiro atoms. The molecule has 0 aliphatic rings. The van der Waals surface area contributed by atoms with Crippen molar-refractivity contribution in [3.8, 4) is 0 Å². The Morgan fingerprint density at radius 1 is 1.11 bits per heavy atom. The zero-order valence-electron chi connectivity index (χ0n) is 11.4. The molecule has 0 aliphatic heterocycles. The molecule has 2 rings (SSSR count). The highest BCUT2D eigenvalue weighted by molar-refractivity contribution is 7.99. The molecule has 0 saturated heterocycles. The van der Waals surface area contributed by atoms with Crippen LogP contribution < -0.4 is 0 Å². The fourth-order valence-electron chi connectivity index (χ4n) is 1.84. The van der Waals surface area contributed by atoms with E-state index in [2.05, 4.69) is 9.97 Å². The number of aromatic nitrogens is 2. The first-order valence-corrected chi connectivity index (χ1v) is 7.18. The summed E-state index contributed by atoms with van der Waals surface area (Å²) in [6.45, 7) is 5.91. The molecule has 3 nitrogen and oxygen atoms in total. The van der Waals surface area contributed by atoms with Crippen LogP contribution in [0.5, 0.6) is 0 Å². The number of aryl methyl sites for hydroxylation is 2. The molecule has 0 fully saturated rings. The van der Waals surface area contributed by atoms with Crippen LogP contribution in [0.1, 0.15) is 36.4 Å². The zero-order chi connectivity index (χ0) is 13.8. The molecule has 1 heterocycles. The molecule has 19 heavy (non-hydrogen) atoms. The third-order valence-electron chi connectivity index (χ3n) is 2.82. The molecule has 1 N–H and O–H groups in total. The summed E-state index contributed by atoms with van der Waals surface area (Å²) in [6, 6.07) is 9.88. The number of aliphatic hydroxyl groups excluding tert-OH is 1. The molecule has 1 aromatic heterocycles. The van der Waals surface area contributed by atoms with Crippen molar-refractivity contribution >= 4 is 11.8 Å². The van der Waals surface area contributed by atoms with Gasteiger partial charge in [0.15, 0.2) is 5.16 Å². The van der Waals surface area contributed by atoms with Crippen LogP contribution >= 0.6 is 11.8 Å². The van der Waals surface area contributed by atoms with Crippen LogP contribution in [-0.4, -0.2) is 15.1 Å². The van der Waals surface area contributed by atoms with Crippen molar-refractivity contribution in [2.24, 2.45) is 0 Å². The van der Waals surface area contributed by atoms with E-state index in [4.69, 9.17) is 0 Å². The highest BCUT2D eigenvalue weighted by Crippen LogP contribution is 2.27. The van der Waals surface area contributed by atoms with Crippen LogP contribution in [0, 0.1) is 13.8 Å². The van der Waals surface area contributed by atoms with E-state index < -0.39 is 0 Å². The topological polar surface area (TPSA) is 46.0 Å². The minimum atomic E-state index is -0.378. The minimum Gasteiger partial charge on any atom is -0.388 e. The van der Waals surface area contributed by atoms with Crippen molar-refractivity contribution < 1.29 is 5.11 Å². The number of nitrogens with zero attached hydrogens (tertiary/aromatic N) is 2. The lowest BCUT2D eigenvalue weighted by Crippen LogP contribution is -1.95. The third-order valence-corrected chi connectivity index (χ3v) is 3.70. The van der Waals surface area contributed by atoms with Gasteiger partial charge in [-0.1, -0.05) is 19.1 Å². The molecule has 0 saturated carbocycles. The van der Waals surface area contributed by atoms with Crippen molar-refractivity contribution in [3.05, 3.63) is 47.3 Å². The lowest BCUT2D eigenvalue weighted by Gasteiger charge is -2.08. The van der Waals surface area contributed by atoms with Gasteiger partial charge in [0.1, 0.15) is 0 Å². The Labute approximate surface area is 118 Å². The maximum atomic E-state index is 9.75. The van der Waals surface area contributed by atoms with E-state index in [1.54, 1.807) is 11.8 Å². The Morgan fingerprint density at radius 2 is 1.68 bits per heavy atom. The van der Waals surface area contributed by atoms with Crippen LogP contribution in [0.25, 0.3) is 0 Å². The lowest BCUT2D eigenvalue weighted by atomic mass is 10.1. The van der Waals surface area contributed by atoms with Crippen LogP contribution in [0.4, 0.5) is 0 Å². The Morgan fingerprint density at radius 3 is 2.21 bits per heavy atom. The van der Waals surface area contributed by atoms with Crippen LogP contribution in [-0.2, 0) is 0 Å². The van der Waals surface area contributed by atoms with Gasteiger partial charge >= 0.3 is 0 Å². The summed E-state index contributed by atoms with van der Waals surface area (Å²) in [5, 5.41) is 10.5. The highest BCUT2D eigenvalue weighted by atomic mass is 32.2. The monoisotopic (exact) mass is 274 g/mol. The second-order valence-corrected chi connectivity index (χ2v) is 5.57. The first-order valence-electron chi connectivity index (χ1n) is 6.36. The lowest BCUT2D eigenvalue weighted by molar-refractivity contribution is 0.173. The van der Waals surface area contributed by atoms with Gasteiger partial charge in [-0.15, -0.1) is 0 Å². The zero-order valence-corrected chi connectivity index (χ0v) is 12.2. The van der Waals surface area contributed by atoms with Gasteiger partial charge in [-0.05, 0) is 55.8 Å². The van der Waals surface area contributed by atoms with E-state index >= 15 is 0 Å². The molecule has 100 valence electrons. The minimum absolute atomic E-state index is 0.378. The molecule has 0 aliphatic carbocycles. The molecule has 0 bridgehead atoms. The summed E-state index contributed by atoms with van der Waals surface area (Å²) >= 11 is 1.54. The second-order valence-electron chi connectivity index (χ2n) is 4.53. The quantitative estimate of drug-likeness (QED) is 0.864. The predicted octanol–water partition coefficient (Wildman–Crippen LogP) is 3.69. The van der Waals surface area contributed by atoms with E-state index in [1.807, 2.05) is 51.1 Å². The summed E-state index contributed by atoms with van der Waals surface area (Å²) in [6.07, 6.45) is 0.351. The number of rotatable bonds is 4. The maximum absolute atomic E-state index is 9.75. The van der Waals surface area contributed by atoms with Crippen LogP contribution in [0.2, 0.25) is 0 Å². The Balaban J connectivity index is 2.15. The van der Waals surface area contributed by atoms with Gasteiger partial charge in [0.05, 0.1) is 6.10 Å². The summed E-state index contributed by atoms with van der Waals surface area (Å²) < 4.78 is 0. The normalized spacial score (nSPS) is 12.4. The fraction of sp³-hybridized carbons (Fsp3) is 0.333. The van der Waals surface area contributed by atoms with Crippen LogP contribution in [0.3, 0.4) is 0 Å². The van der Waals surface area contributed by atoms with E-state index in [0.29, 0.717) is 0 Å². The molecule has 1 atom stereocenters. The van der Waals surface area contributed by atoms with Gasteiger partial charge in [0.25, 0.3) is 0 Å². The first-order chi connectivity index (χ1) is 9.08. The summed E-state index contributed by atoms with van der Waals surface area (Å²) in [5.41, 5.74) is 2.91. The molecule has 1 aromatic carbocycles. The van der Waals surface area contributed by atoms with E-state index in [1.165, 1.54) is 0 Å². The number of hydrogen-bond donors (Lipinski definition) is 1. The first kappa shape index (κ1) is 14.0. The SMILES string of the molecule is CC[C@@H](O)c1ccc(Sc2nc(C)cc(C)n2)cc1. The van der Waals surface area contributed by atoms with Crippen molar-refractivity contribution in [3.63, 3.8) is 0 Å². The predicted molar refractivity (Wildman–Crippen MR) is 77.3 cm³/mol. The molecule has 4 heteroatoms. The number of hydrogen-bond acceptors (Lipinski definition) is 4. The summed E-state index contributed by atoms with van der Waals surface area (Å²) in [5.74, 6) is 0. The van der Waals surface area contributed by atoms with Crippen molar-refractivity contribution in [2.75, 3.05) is 0 Å². The molecular formula is C15H18N2OS. The van der Waals surface area contributed by atoms with Crippen LogP contribution in [0.15, 0.2) is 40.4 Å². The van der Waals surface area contributed by atoms with Crippen molar-refractivity contribution in [1.29, 1.82) is 0 Å². The van der Waals surface area contributed by atoms with E-state index in [-0.39, 0.29) is 6.10 Å². The smallest absolute Gasteiger partial charge is 0.192 e. The summed E-state index contributed by atoms with van der Waals surface area (Å²) in [7, 11) is 0. The highest BCUT2D eigenvalue weighted by Gasteiger charge is 2.06. The average molecular weight is 274 g/mol. The largest absolute Gasteiger partial charge is 0.388 e. The molecular weight excluding hydrogens is 256 g/mol. The Hall–Kier alpha value is -1.39. The van der Waals surface area contributed by atoms with Crippen molar-refractivity contribution in [2.45, 2.75) is 43.3 Å². The Bertz CT molecular complexity index is 534. The molecule has 0 amide bonds. The second kappa shape index (κ2) is 6.17. The molecule has 0 unspecified atom stereocenters. The van der Waals surface area contributed by atoms with Gasteiger partial charge in [0.2, 0.25) is 0 Å². The fourth-order valence-corrected chi connectivity index (χ4v) is 2.70. The van der Waals surface area contributed by atoms with Gasteiger partial charge < -0.3 is 5.11 Å². The molecule has 2 aromatic rings. The van der Waals surface area contributed by atoms with Gasteiger partial charge in [-0.2, -0.15) is 0 Å².